The van der Waals surface area contributed by atoms with Gasteiger partial charge in [0.25, 0.3) is 5.91 Å². The molecule has 2 aromatic carbocycles. The number of para-hydroxylation sites is 1. The molecule has 0 bridgehead atoms. The Bertz CT molecular complexity index is 1030. The predicted molar refractivity (Wildman–Crippen MR) is 107 cm³/mol. The summed E-state index contributed by atoms with van der Waals surface area (Å²) in [5.74, 6) is -0.154. The summed E-state index contributed by atoms with van der Waals surface area (Å²) in [6, 6.07) is 12.7. The van der Waals surface area contributed by atoms with Gasteiger partial charge in [0, 0.05) is 23.0 Å². The average Bonchev–Trinajstić information content (AvgIpc) is 2.90. The number of rotatable bonds is 2. The first-order valence-electron chi connectivity index (χ1n) is 7.37. The van der Waals surface area contributed by atoms with Crippen LogP contribution in [0.2, 0.25) is 5.02 Å². The quantitative estimate of drug-likeness (QED) is 0.474. The fraction of sp³-hybridized carbons (Fsp3) is 0. The normalized spacial score (nSPS) is 16.2. The fourth-order valence-electron chi connectivity index (χ4n) is 2.55. The molecule has 0 saturated carbocycles. The Balaban J connectivity index is 1.74. The van der Waals surface area contributed by atoms with Crippen LogP contribution in [0.15, 0.2) is 59.8 Å². The minimum Gasteiger partial charge on any atom is -0.268 e. The van der Waals surface area contributed by atoms with Crippen LogP contribution in [-0.2, 0) is 4.79 Å². The molecular formula is C18H10ClN3OS2. The first-order chi connectivity index (χ1) is 12.1. The van der Waals surface area contributed by atoms with Crippen LogP contribution in [-0.4, -0.2) is 20.2 Å². The smallest absolute Gasteiger partial charge is 0.268 e. The van der Waals surface area contributed by atoms with E-state index < -0.39 is 0 Å². The summed E-state index contributed by atoms with van der Waals surface area (Å²) in [4.78, 5) is 23.5. The molecular weight excluding hydrogens is 374 g/mol. The van der Waals surface area contributed by atoms with Crippen LogP contribution in [0.3, 0.4) is 0 Å². The number of thiocarbonyl (C=S) groups is 1. The number of aromatic nitrogens is 2. The Hall–Kier alpha value is -2.28. The number of hydrogen-bond acceptors (Lipinski definition) is 5. The molecule has 1 saturated heterocycles. The third-order valence-corrected chi connectivity index (χ3v) is 5.25. The first kappa shape index (κ1) is 16.2. The van der Waals surface area contributed by atoms with E-state index in [0.717, 1.165) is 16.6 Å². The van der Waals surface area contributed by atoms with Gasteiger partial charge in [0.2, 0.25) is 0 Å². The van der Waals surface area contributed by atoms with Crippen molar-refractivity contribution in [3.63, 3.8) is 0 Å². The van der Waals surface area contributed by atoms with Gasteiger partial charge in [-0.15, -0.1) is 0 Å². The van der Waals surface area contributed by atoms with Gasteiger partial charge in [0.15, 0.2) is 4.32 Å². The van der Waals surface area contributed by atoms with E-state index >= 15 is 0 Å². The number of anilines is 1. The molecule has 0 aliphatic carbocycles. The Morgan fingerprint density at radius 2 is 1.84 bits per heavy atom. The molecule has 1 amide bonds. The zero-order valence-corrected chi connectivity index (χ0v) is 15.1. The SMILES string of the molecule is O=C1/C(=C/c2cccc3nccnc23)SC(=S)N1c1ccc(Cl)cc1. The zero-order chi connectivity index (χ0) is 17.4. The van der Waals surface area contributed by atoms with Crippen LogP contribution in [0.25, 0.3) is 17.1 Å². The van der Waals surface area contributed by atoms with E-state index in [-0.39, 0.29) is 5.91 Å². The van der Waals surface area contributed by atoms with E-state index in [1.807, 2.05) is 24.3 Å². The number of carbonyl (C=O) groups is 1. The van der Waals surface area contributed by atoms with Gasteiger partial charge in [0.05, 0.1) is 21.6 Å². The maximum absolute atomic E-state index is 12.8. The van der Waals surface area contributed by atoms with E-state index in [0.29, 0.717) is 19.9 Å². The van der Waals surface area contributed by atoms with Crippen molar-refractivity contribution >= 4 is 68.6 Å². The molecule has 2 heterocycles. The lowest BCUT2D eigenvalue weighted by Gasteiger charge is -2.14. The van der Waals surface area contributed by atoms with Gasteiger partial charge >= 0.3 is 0 Å². The second-order valence-electron chi connectivity index (χ2n) is 5.26. The summed E-state index contributed by atoms with van der Waals surface area (Å²) in [5.41, 5.74) is 3.07. The fourth-order valence-corrected chi connectivity index (χ4v) is 3.97. The summed E-state index contributed by atoms with van der Waals surface area (Å²) in [5, 5.41) is 0.610. The lowest BCUT2D eigenvalue weighted by Crippen LogP contribution is -2.27. The Morgan fingerprint density at radius 1 is 1.08 bits per heavy atom. The third kappa shape index (κ3) is 3.04. The van der Waals surface area contributed by atoms with Crippen LogP contribution >= 0.6 is 35.6 Å². The first-order valence-corrected chi connectivity index (χ1v) is 8.97. The topological polar surface area (TPSA) is 46.1 Å². The Kier molecular flexibility index (Phi) is 4.25. The van der Waals surface area contributed by atoms with Crippen molar-refractivity contribution in [2.24, 2.45) is 0 Å². The van der Waals surface area contributed by atoms with Gasteiger partial charge in [-0.2, -0.15) is 0 Å². The Labute approximate surface area is 158 Å². The average molecular weight is 384 g/mol. The molecule has 0 unspecified atom stereocenters. The predicted octanol–water partition coefficient (Wildman–Crippen LogP) is 4.69. The largest absolute Gasteiger partial charge is 0.270 e. The summed E-state index contributed by atoms with van der Waals surface area (Å²) < 4.78 is 0.491. The number of halogens is 1. The zero-order valence-electron chi connectivity index (χ0n) is 12.7. The molecule has 1 aromatic heterocycles. The number of carbonyl (C=O) groups excluding carboxylic acids is 1. The molecule has 0 spiro atoms. The van der Waals surface area contributed by atoms with Gasteiger partial charge in [-0.05, 0) is 36.4 Å². The number of nitrogens with zero attached hydrogens (tertiary/aromatic N) is 3. The minimum atomic E-state index is -0.154. The summed E-state index contributed by atoms with van der Waals surface area (Å²) in [6.07, 6.45) is 5.09. The van der Waals surface area contributed by atoms with Crippen molar-refractivity contribution in [3.8, 4) is 0 Å². The van der Waals surface area contributed by atoms with Gasteiger partial charge in [0.1, 0.15) is 0 Å². The van der Waals surface area contributed by atoms with E-state index in [1.54, 1.807) is 36.7 Å². The molecule has 4 rings (SSSR count). The van der Waals surface area contributed by atoms with Crippen molar-refractivity contribution in [1.82, 2.24) is 9.97 Å². The van der Waals surface area contributed by atoms with Gasteiger partial charge in [-0.3, -0.25) is 19.7 Å². The van der Waals surface area contributed by atoms with Crippen LogP contribution < -0.4 is 4.90 Å². The van der Waals surface area contributed by atoms with E-state index in [4.69, 9.17) is 23.8 Å². The second-order valence-corrected chi connectivity index (χ2v) is 7.38. The lowest BCUT2D eigenvalue weighted by atomic mass is 10.1. The maximum Gasteiger partial charge on any atom is 0.270 e. The van der Waals surface area contributed by atoms with Gasteiger partial charge in [-0.25, -0.2) is 0 Å². The number of amides is 1. The molecule has 7 heteroatoms. The molecule has 0 atom stereocenters. The number of thioether (sulfide) groups is 1. The highest BCUT2D eigenvalue weighted by molar-refractivity contribution is 8.27. The highest BCUT2D eigenvalue weighted by Crippen LogP contribution is 2.36. The van der Waals surface area contributed by atoms with E-state index in [9.17, 15) is 4.79 Å². The van der Waals surface area contributed by atoms with E-state index in [2.05, 4.69) is 9.97 Å². The molecule has 1 fully saturated rings. The van der Waals surface area contributed by atoms with Crippen LogP contribution in [0.1, 0.15) is 5.56 Å². The highest BCUT2D eigenvalue weighted by atomic mass is 35.5. The number of fused-ring (bicyclic) bond motifs is 1. The molecule has 0 radical (unpaired) electrons. The molecule has 25 heavy (non-hydrogen) atoms. The third-order valence-electron chi connectivity index (χ3n) is 3.69. The Morgan fingerprint density at radius 3 is 2.64 bits per heavy atom. The van der Waals surface area contributed by atoms with Crippen molar-refractivity contribution in [2.75, 3.05) is 4.90 Å². The molecule has 4 nitrogen and oxygen atoms in total. The molecule has 0 N–H and O–H groups in total. The van der Waals surface area contributed by atoms with Crippen molar-refractivity contribution in [2.45, 2.75) is 0 Å². The van der Waals surface area contributed by atoms with E-state index in [1.165, 1.54) is 16.7 Å². The van der Waals surface area contributed by atoms with Crippen molar-refractivity contribution < 1.29 is 4.79 Å². The number of benzene rings is 2. The second kappa shape index (κ2) is 6.55. The minimum absolute atomic E-state index is 0.154. The monoisotopic (exact) mass is 383 g/mol. The van der Waals surface area contributed by atoms with Gasteiger partial charge < -0.3 is 0 Å². The lowest BCUT2D eigenvalue weighted by molar-refractivity contribution is -0.113. The molecule has 3 aromatic rings. The van der Waals surface area contributed by atoms with Crippen molar-refractivity contribution in [1.29, 1.82) is 0 Å². The molecule has 122 valence electrons. The molecule has 1 aliphatic heterocycles. The maximum atomic E-state index is 12.8. The summed E-state index contributed by atoms with van der Waals surface area (Å²) in [7, 11) is 0. The van der Waals surface area contributed by atoms with Gasteiger partial charge in [-0.1, -0.05) is 47.7 Å². The van der Waals surface area contributed by atoms with Crippen LogP contribution in [0.4, 0.5) is 5.69 Å². The summed E-state index contributed by atoms with van der Waals surface area (Å²) >= 11 is 12.6. The molecule has 1 aliphatic rings. The van der Waals surface area contributed by atoms with Crippen LogP contribution in [0.5, 0.6) is 0 Å². The van der Waals surface area contributed by atoms with Crippen molar-refractivity contribution in [3.05, 3.63) is 70.3 Å². The highest BCUT2D eigenvalue weighted by Gasteiger charge is 2.33. The standard InChI is InChI=1S/C18H10ClN3OS2/c19-12-4-6-13(7-5-12)22-17(23)15(25-18(22)24)10-11-2-1-3-14-16(11)21-9-8-20-14/h1-10H/b15-10-. The number of hydrogen-bond donors (Lipinski definition) is 0. The van der Waals surface area contributed by atoms with Crippen LogP contribution in [0, 0.1) is 0 Å². The summed E-state index contributed by atoms with van der Waals surface area (Å²) in [6.45, 7) is 0.